The fourth-order valence-corrected chi connectivity index (χ4v) is 6.43. The Balaban J connectivity index is 1.75. The Morgan fingerprint density at radius 2 is 1.51 bits per heavy atom. The summed E-state index contributed by atoms with van der Waals surface area (Å²) in [6.45, 7) is -0.382. The molecule has 2 amide bonds. The van der Waals surface area contributed by atoms with Crippen molar-refractivity contribution in [3.63, 3.8) is 0 Å². The first kappa shape index (κ1) is 32.0. The second-order valence-electron chi connectivity index (χ2n) is 11.1. The van der Waals surface area contributed by atoms with Crippen molar-refractivity contribution in [2.45, 2.75) is 57.2 Å². The molecule has 1 saturated carbocycles. The van der Waals surface area contributed by atoms with Crippen LogP contribution in [0.4, 0.5) is 5.69 Å². The summed E-state index contributed by atoms with van der Waals surface area (Å²) >= 11 is 0. The van der Waals surface area contributed by atoms with Gasteiger partial charge in [-0.1, -0.05) is 79.9 Å². The highest BCUT2D eigenvalue weighted by molar-refractivity contribution is 7.90. The van der Waals surface area contributed by atoms with Gasteiger partial charge >= 0.3 is 10.2 Å². The van der Waals surface area contributed by atoms with Crippen LogP contribution >= 0.6 is 0 Å². The van der Waals surface area contributed by atoms with Crippen LogP contribution in [0.5, 0.6) is 5.75 Å². The average molecular weight is 607 g/mol. The van der Waals surface area contributed by atoms with Gasteiger partial charge in [-0.15, -0.1) is 0 Å². The molecule has 1 N–H and O–H groups in total. The Kier molecular flexibility index (Phi) is 11.2. The van der Waals surface area contributed by atoms with Crippen molar-refractivity contribution in [2.24, 2.45) is 0 Å². The largest absolute Gasteiger partial charge is 0.497 e. The quantitative estimate of drug-likeness (QED) is 0.311. The van der Waals surface area contributed by atoms with Gasteiger partial charge in [-0.05, 0) is 48.2 Å². The highest BCUT2D eigenvalue weighted by Crippen LogP contribution is 2.23. The number of carbonyl (C=O) groups excluding carboxylic acids is 2. The molecule has 0 radical (unpaired) electrons. The third-order valence-electron chi connectivity index (χ3n) is 7.77. The molecule has 0 aliphatic heterocycles. The van der Waals surface area contributed by atoms with Crippen molar-refractivity contribution in [3.05, 3.63) is 96.1 Å². The number of amides is 2. The van der Waals surface area contributed by atoms with E-state index in [0.29, 0.717) is 11.4 Å². The SMILES string of the molecule is COc1cccc(CN(C(=O)CN(c2ccccc2)S(=O)(=O)N(C)C)C(Cc2ccccc2)C(=O)NC2CCCCC2)c1. The summed E-state index contributed by atoms with van der Waals surface area (Å²) < 4.78 is 34.5. The van der Waals surface area contributed by atoms with Gasteiger partial charge in [0.2, 0.25) is 11.8 Å². The maximum atomic E-state index is 14.4. The molecule has 230 valence electrons. The number of hydrogen-bond donors (Lipinski definition) is 1. The van der Waals surface area contributed by atoms with Crippen LogP contribution in [0, 0.1) is 0 Å². The molecule has 0 saturated heterocycles. The number of para-hydroxylation sites is 1. The lowest BCUT2D eigenvalue weighted by atomic mass is 9.94. The molecule has 43 heavy (non-hydrogen) atoms. The Morgan fingerprint density at radius 3 is 2.14 bits per heavy atom. The van der Waals surface area contributed by atoms with Crippen molar-refractivity contribution in [1.29, 1.82) is 0 Å². The molecule has 0 aromatic heterocycles. The Bertz CT molecular complexity index is 1440. The molecule has 1 aliphatic carbocycles. The third kappa shape index (κ3) is 8.58. The Morgan fingerprint density at radius 1 is 0.884 bits per heavy atom. The van der Waals surface area contributed by atoms with Crippen LogP contribution in [0.25, 0.3) is 0 Å². The summed E-state index contributed by atoms with van der Waals surface area (Å²) in [5.74, 6) is -0.109. The number of carbonyl (C=O) groups is 2. The number of ether oxygens (including phenoxy) is 1. The lowest BCUT2D eigenvalue weighted by molar-refractivity contribution is -0.140. The Labute approximate surface area is 255 Å². The van der Waals surface area contributed by atoms with Gasteiger partial charge in [-0.25, -0.2) is 4.31 Å². The third-order valence-corrected chi connectivity index (χ3v) is 9.59. The van der Waals surface area contributed by atoms with E-state index < -0.39 is 28.7 Å². The number of hydrogen-bond acceptors (Lipinski definition) is 5. The summed E-state index contributed by atoms with van der Waals surface area (Å²) in [5.41, 5.74) is 2.02. The first-order chi connectivity index (χ1) is 20.7. The molecule has 3 aromatic rings. The van der Waals surface area contributed by atoms with Gasteiger partial charge in [0.05, 0.1) is 12.8 Å². The van der Waals surface area contributed by atoms with Gasteiger partial charge in [0.1, 0.15) is 18.3 Å². The zero-order chi connectivity index (χ0) is 30.8. The molecule has 0 heterocycles. The molecule has 1 unspecified atom stereocenters. The molecule has 4 rings (SSSR count). The molecule has 0 bridgehead atoms. The molecule has 0 spiro atoms. The maximum Gasteiger partial charge on any atom is 0.304 e. The van der Waals surface area contributed by atoms with Gasteiger partial charge < -0.3 is 15.0 Å². The minimum absolute atomic E-state index is 0.0447. The number of nitrogens with zero attached hydrogens (tertiary/aromatic N) is 3. The fraction of sp³-hybridized carbons (Fsp3) is 0.394. The van der Waals surface area contributed by atoms with Crippen LogP contribution in [0.3, 0.4) is 0 Å². The second-order valence-corrected chi connectivity index (χ2v) is 13.1. The predicted octanol–water partition coefficient (Wildman–Crippen LogP) is 4.40. The minimum Gasteiger partial charge on any atom is -0.497 e. The summed E-state index contributed by atoms with van der Waals surface area (Å²) in [4.78, 5) is 30.0. The van der Waals surface area contributed by atoms with E-state index in [0.717, 1.165) is 51.8 Å². The molecular formula is C33H42N4O5S. The van der Waals surface area contributed by atoms with Crippen LogP contribution < -0.4 is 14.4 Å². The van der Waals surface area contributed by atoms with Crippen LogP contribution in [0.2, 0.25) is 0 Å². The van der Waals surface area contributed by atoms with Crippen molar-refractivity contribution in [2.75, 3.05) is 32.1 Å². The number of anilines is 1. The van der Waals surface area contributed by atoms with E-state index in [1.807, 2.05) is 54.6 Å². The first-order valence-electron chi connectivity index (χ1n) is 14.7. The average Bonchev–Trinajstić information content (AvgIpc) is 3.02. The highest BCUT2D eigenvalue weighted by Gasteiger charge is 2.35. The van der Waals surface area contributed by atoms with Gasteiger partial charge in [0, 0.05) is 33.1 Å². The van der Waals surface area contributed by atoms with E-state index >= 15 is 0 Å². The number of benzene rings is 3. The highest BCUT2D eigenvalue weighted by atomic mass is 32.2. The van der Waals surface area contributed by atoms with Crippen LogP contribution in [-0.2, 0) is 32.8 Å². The molecule has 3 aromatic carbocycles. The van der Waals surface area contributed by atoms with Crippen LogP contribution in [0.15, 0.2) is 84.9 Å². The molecule has 1 fully saturated rings. The lowest BCUT2D eigenvalue weighted by Gasteiger charge is -2.35. The molecule has 9 nitrogen and oxygen atoms in total. The van der Waals surface area contributed by atoms with Crippen molar-refractivity contribution in [1.82, 2.24) is 14.5 Å². The molecule has 10 heteroatoms. The van der Waals surface area contributed by atoms with Crippen molar-refractivity contribution >= 4 is 27.7 Å². The standard InChI is InChI=1S/C33H42N4O5S/c1-35(2)43(40,41)37(29-19-11-6-12-20-29)25-32(38)36(24-27-16-13-21-30(22-27)42-3)31(23-26-14-7-4-8-15-26)33(39)34-28-17-9-5-10-18-28/h4,6-8,11-16,19-22,28,31H,5,9-10,17-18,23-25H2,1-3H3,(H,34,39). The molecule has 1 atom stereocenters. The van der Waals surface area contributed by atoms with Crippen LogP contribution in [-0.4, -0.2) is 69.3 Å². The van der Waals surface area contributed by atoms with Gasteiger partial charge in [0.15, 0.2) is 0 Å². The van der Waals surface area contributed by atoms with Gasteiger partial charge in [-0.3, -0.25) is 9.59 Å². The smallest absolute Gasteiger partial charge is 0.304 e. The molecular weight excluding hydrogens is 564 g/mol. The van der Waals surface area contributed by atoms with Crippen molar-refractivity contribution < 1.29 is 22.7 Å². The molecule has 1 aliphatic rings. The summed E-state index contributed by atoms with van der Waals surface area (Å²) in [6, 6.07) is 24.6. The summed E-state index contributed by atoms with van der Waals surface area (Å²) in [5, 5.41) is 3.22. The van der Waals surface area contributed by atoms with E-state index in [2.05, 4.69) is 5.32 Å². The Hall–Kier alpha value is -3.89. The second kappa shape index (κ2) is 15.0. The normalized spacial score (nSPS) is 14.6. The number of methoxy groups -OCH3 is 1. The van der Waals surface area contributed by atoms with E-state index in [9.17, 15) is 18.0 Å². The zero-order valence-corrected chi connectivity index (χ0v) is 26.0. The van der Waals surface area contributed by atoms with Gasteiger partial charge in [-0.2, -0.15) is 12.7 Å². The monoisotopic (exact) mass is 606 g/mol. The zero-order valence-electron chi connectivity index (χ0n) is 25.2. The van der Waals surface area contributed by atoms with Crippen molar-refractivity contribution in [3.8, 4) is 5.75 Å². The summed E-state index contributed by atoms with van der Waals surface area (Å²) in [6.07, 6.45) is 5.33. The summed E-state index contributed by atoms with van der Waals surface area (Å²) in [7, 11) is 0.398. The van der Waals surface area contributed by atoms with E-state index in [-0.39, 0.29) is 24.9 Å². The number of nitrogens with one attached hydrogen (secondary N) is 1. The van der Waals surface area contributed by atoms with Gasteiger partial charge in [0.25, 0.3) is 0 Å². The first-order valence-corrected chi connectivity index (χ1v) is 16.1. The van der Waals surface area contributed by atoms with Crippen LogP contribution in [0.1, 0.15) is 43.2 Å². The van der Waals surface area contributed by atoms with E-state index in [1.54, 1.807) is 37.4 Å². The minimum atomic E-state index is -4.03. The predicted molar refractivity (Wildman–Crippen MR) is 169 cm³/mol. The fourth-order valence-electron chi connectivity index (χ4n) is 5.38. The maximum absolute atomic E-state index is 14.4. The topological polar surface area (TPSA) is 99.3 Å². The lowest BCUT2D eigenvalue weighted by Crippen LogP contribution is -2.55. The number of rotatable bonds is 13. The van der Waals surface area contributed by atoms with E-state index in [4.69, 9.17) is 4.74 Å². The van der Waals surface area contributed by atoms with E-state index in [1.165, 1.54) is 19.0 Å².